The lowest BCUT2D eigenvalue weighted by Gasteiger charge is -2.11. The number of nitrogens with zero attached hydrogens (tertiary/aromatic N) is 2. The highest BCUT2D eigenvalue weighted by atomic mass is 79.9. The van der Waals surface area contributed by atoms with Gasteiger partial charge in [0.15, 0.2) is 5.78 Å². The van der Waals surface area contributed by atoms with Gasteiger partial charge in [0, 0.05) is 10.9 Å². The van der Waals surface area contributed by atoms with E-state index in [-0.39, 0.29) is 17.3 Å². The van der Waals surface area contributed by atoms with Gasteiger partial charge in [0.2, 0.25) is 0 Å². The number of benzene rings is 1. The number of ether oxygens (including phenoxy) is 1. The van der Waals surface area contributed by atoms with Crippen molar-refractivity contribution >= 4 is 33.3 Å². The SMILES string of the molecule is O=C(CCC(F)(F)F)c1c(Br)cccc1Oc1ncc(Cl)cn1. The molecule has 1 heterocycles. The Kier molecular flexibility index (Phi) is 5.59. The molecular weight excluding hydrogens is 401 g/mol. The number of hydrogen-bond acceptors (Lipinski definition) is 4. The minimum absolute atomic E-state index is 0.00954. The zero-order valence-electron chi connectivity index (χ0n) is 11.4. The second kappa shape index (κ2) is 7.27. The van der Waals surface area contributed by atoms with Crippen molar-refractivity contribution in [2.75, 3.05) is 0 Å². The minimum Gasteiger partial charge on any atom is -0.423 e. The molecule has 122 valence electrons. The second-order valence-electron chi connectivity index (χ2n) is 4.44. The summed E-state index contributed by atoms with van der Waals surface area (Å²) in [5, 5.41) is 0.299. The molecule has 0 aliphatic rings. The Balaban J connectivity index is 2.25. The maximum absolute atomic E-state index is 12.3. The van der Waals surface area contributed by atoms with Gasteiger partial charge in [-0.1, -0.05) is 17.7 Å². The quantitative estimate of drug-likeness (QED) is 0.636. The van der Waals surface area contributed by atoms with Gasteiger partial charge in [-0.3, -0.25) is 4.79 Å². The van der Waals surface area contributed by atoms with Crippen LogP contribution in [0.25, 0.3) is 0 Å². The van der Waals surface area contributed by atoms with Gasteiger partial charge in [-0.2, -0.15) is 13.2 Å². The van der Waals surface area contributed by atoms with Crippen LogP contribution in [-0.2, 0) is 0 Å². The molecule has 0 radical (unpaired) electrons. The van der Waals surface area contributed by atoms with Gasteiger partial charge in [0.05, 0.1) is 29.4 Å². The Morgan fingerprint density at radius 3 is 2.52 bits per heavy atom. The molecule has 0 fully saturated rings. The fourth-order valence-corrected chi connectivity index (χ4v) is 2.36. The molecule has 0 N–H and O–H groups in total. The van der Waals surface area contributed by atoms with Gasteiger partial charge < -0.3 is 4.74 Å². The third kappa shape index (κ3) is 5.18. The monoisotopic (exact) mass is 408 g/mol. The van der Waals surface area contributed by atoms with E-state index in [0.717, 1.165) is 0 Å². The van der Waals surface area contributed by atoms with E-state index in [1.165, 1.54) is 24.5 Å². The van der Waals surface area contributed by atoms with Crippen LogP contribution in [-0.4, -0.2) is 21.9 Å². The average Bonchev–Trinajstić information content (AvgIpc) is 2.47. The predicted molar refractivity (Wildman–Crippen MR) is 80.9 cm³/mol. The number of Topliss-reactive ketones (excluding diaryl/α,β-unsaturated/α-hetero) is 1. The minimum atomic E-state index is -4.41. The van der Waals surface area contributed by atoms with Crippen molar-refractivity contribution < 1.29 is 22.7 Å². The van der Waals surface area contributed by atoms with E-state index >= 15 is 0 Å². The number of rotatable bonds is 5. The first-order chi connectivity index (χ1) is 10.8. The smallest absolute Gasteiger partial charge is 0.389 e. The Labute approximate surface area is 142 Å². The van der Waals surface area contributed by atoms with Crippen molar-refractivity contribution in [3.05, 3.63) is 45.7 Å². The summed E-state index contributed by atoms with van der Waals surface area (Å²) in [5.74, 6) is -0.632. The standard InChI is InChI=1S/C14H9BrClF3N2O2/c15-9-2-1-3-11(23-13-20-6-8(16)7-21-13)12(9)10(22)4-5-14(17,18)19/h1-3,6-7H,4-5H2. The zero-order valence-corrected chi connectivity index (χ0v) is 13.7. The third-order valence-electron chi connectivity index (χ3n) is 2.69. The molecule has 0 aliphatic carbocycles. The topological polar surface area (TPSA) is 52.1 Å². The molecule has 0 bridgehead atoms. The lowest BCUT2D eigenvalue weighted by Crippen LogP contribution is -2.12. The van der Waals surface area contributed by atoms with E-state index in [1.54, 1.807) is 6.07 Å². The van der Waals surface area contributed by atoms with E-state index in [9.17, 15) is 18.0 Å². The molecule has 0 aliphatic heterocycles. The summed E-state index contributed by atoms with van der Waals surface area (Å²) in [4.78, 5) is 19.7. The lowest BCUT2D eigenvalue weighted by molar-refractivity contribution is -0.133. The fourth-order valence-electron chi connectivity index (χ4n) is 1.69. The van der Waals surface area contributed by atoms with E-state index in [2.05, 4.69) is 25.9 Å². The van der Waals surface area contributed by atoms with Crippen LogP contribution in [0.1, 0.15) is 23.2 Å². The van der Waals surface area contributed by atoms with Crippen molar-refractivity contribution in [3.8, 4) is 11.8 Å². The van der Waals surface area contributed by atoms with Crippen molar-refractivity contribution in [3.63, 3.8) is 0 Å². The number of ketones is 1. The highest BCUT2D eigenvalue weighted by molar-refractivity contribution is 9.10. The molecule has 2 rings (SSSR count). The summed E-state index contributed by atoms with van der Waals surface area (Å²) in [6.45, 7) is 0. The largest absolute Gasteiger partial charge is 0.423 e. The molecule has 0 saturated carbocycles. The van der Waals surface area contributed by atoms with E-state index in [0.29, 0.717) is 9.50 Å². The molecule has 0 spiro atoms. The summed E-state index contributed by atoms with van der Waals surface area (Å²) in [7, 11) is 0. The van der Waals surface area contributed by atoms with E-state index < -0.39 is 24.8 Å². The van der Waals surface area contributed by atoms with Gasteiger partial charge >= 0.3 is 12.2 Å². The van der Waals surface area contributed by atoms with Crippen LogP contribution < -0.4 is 4.74 Å². The summed E-state index contributed by atoms with van der Waals surface area (Å²) in [5.41, 5.74) is 0.00954. The van der Waals surface area contributed by atoms with Crippen LogP contribution in [0.4, 0.5) is 13.2 Å². The van der Waals surface area contributed by atoms with Crippen molar-refractivity contribution in [1.29, 1.82) is 0 Å². The summed E-state index contributed by atoms with van der Waals surface area (Å²) in [6, 6.07) is 4.49. The number of carbonyl (C=O) groups is 1. The average molecular weight is 410 g/mol. The Hall–Kier alpha value is -1.67. The molecular formula is C14H9BrClF3N2O2. The highest BCUT2D eigenvalue weighted by Crippen LogP contribution is 2.32. The van der Waals surface area contributed by atoms with Crippen LogP contribution in [0, 0.1) is 0 Å². The van der Waals surface area contributed by atoms with E-state index in [1.807, 2.05) is 0 Å². The number of halogens is 5. The van der Waals surface area contributed by atoms with Crippen LogP contribution >= 0.6 is 27.5 Å². The number of hydrogen-bond donors (Lipinski definition) is 0. The fraction of sp³-hybridized carbons (Fsp3) is 0.214. The first-order valence-electron chi connectivity index (χ1n) is 6.30. The lowest BCUT2D eigenvalue weighted by atomic mass is 10.1. The predicted octanol–water partition coefficient (Wildman–Crippen LogP) is 5.21. The van der Waals surface area contributed by atoms with Crippen LogP contribution in [0.3, 0.4) is 0 Å². The number of alkyl halides is 3. The summed E-state index contributed by atoms with van der Waals surface area (Å²) in [6.07, 6.45) is -3.69. The van der Waals surface area contributed by atoms with Crippen molar-refractivity contribution in [2.24, 2.45) is 0 Å². The third-order valence-corrected chi connectivity index (χ3v) is 3.54. The molecule has 23 heavy (non-hydrogen) atoms. The Morgan fingerprint density at radius 2 is 1.91 bits per heavy atom. The number of carbonyl (C=O) groups excluding carboxylic acids is 1. The normalized spacial score (nSPS) is 11.3. The van der Waals surface area contributed by atoms with Gasteiger partial charge in [-0.05, 0) is 28.1 Å². The molecule has 0 saturated heterocycles. The zero-order chi connectivity index (χ0) is 17.0. The summed E-state index contributed by atoms with van der Waals surface area (Å²) >= 11 is 8.81. The molecule has 2 aromatic rings. The highest BCUT2D eigenvalue weighted by Gasteiger charge is 2.29. The van der Waals surface area contributed by atoms with Gasteiger partial charge in [-0.25, -0.2) is 9.97 Å². The maximum Gasteiger partial charge on any atom is 0.389 e. The molecule has 0 atom stereocenters. The molecule has 4 nitrogen and oxygen atoms in total. The van der Waals surface area contributed by atoms with Gasteiger partial charge in [-0.15, -0.1) is 0 Å². The second-order valence-corrected chi connectivity index (χ2v) is 5.73. The van der Waals surface area contributed by atoms with Crippen LogP contribution in [0.2, 0.25) is 5.02 Å². The molecule has 0 amide bonds. The van der Waals surface area contributed by atoms with Crippen molar-refractivity contribution in [2.45, 2.75) is 19.0 Å². The first kappa shape index (κ1) is 17.7. The van der Waals surface area contributed by atoms with E-state index in [4.69, 9.17) is 16.3 Å². The number of aromatic nitrogens is 2. The first-order valence-corrected chi connectivity index (χ1v) is 7.47. The Bertz CT molecular complexity index is 708. The van der Waals surface area contributed by atoms with Crippen LogP contribution in [0.15, 0.2) is 35.1 Å². The molecule has 9 heteroatoms. The van der Waals surface area contributed by atoms with Crippen LogP contribution in [0.5, 0.6) is 11.8 Å². The van der Waals surface area contributed by atoms with Crippen molar-refractivity contribution in [1.82, 2.24) is 9.97 Å². The molecule has 1 aromatic carbocycles. The van der Waals surface area contributed by atoms with Gasteiger partial charge in [0.1, 0.15) is 5.75 Å². The van der Waals surface area contributed by atoms with Gasteiger partial charge in [0.25, 0.3) is 0 Å². The molecule has 1 aromatic heterocycles. The Morgan fingerprint density at radius 1 is 1.26 bits per heavy atom. The molecule has 0 unspecified atom stereocenters. The summed E-state index contributed by atoms with van der Waals surface area (Å²) < 4.78 is 42.6. The maximum atomic E-state index is 12.3.